The molecule has 2 fully saturated rings. The Morgan fingerprint density at radius 1 is 1.31 bits per heavy atom. The third kappa shape index (κ3) is 4.39. The number of amides is 2. The molecule has 2 aliphatic rings. The van der Waals surface area contributed by atoms with E-state index in [9.17, 15) is 9.18 Å². The molecule has 2 amide bonds. The Bertz CT molecular complexity index is 867. The van der Waals surface area contributed by atoms with Gasteiger partial charge in [-0.2, -0.15) is 5.10 Å². The Balaban J connectivity index is 1.44. The van der Waals surface area contributed by atoms with Gasteiger partial charge in [0.15, 0.2) is 5.82 Å². The van der Waals surface area contributed by atoms with E-state index in [1.54, 1.807) is 17.0 Å². The standard InChI is InChI=1S/C21H27ClFN5O/c1-13-7-8-18(17(22)9-13)24-21(29)28-11-15(10-23)16(12-28)20-25-19(26-27-20)14-5-3-2-4-6-14/h7-9,14-16H,2-6,10-12H2,1H3,(H,24,29)(H,25,26,27)/t15-,16-/m1/s1. The van der Waals surface area contributed by atoms with Gasteiger partial charge < -0.3 is 10.2 Å². The average Bonchev–Trinajstić information content (AvgIpc) is 3.37. The molecule has 1 aliphatic heterocycles. The highest BCUT2D eigenvalue weighted by atomic mass is 35.5. The number of hydrogen-bond acceptors (Lipinski definition) is 3. The van der Waals surface area contributed by atoms with E-state index in [0.29, 0.717) is 35.5 Å². The van der Waals surface area contributed by atoms with Crippen molar-refractivity contribution in [1.29, 1.82) is 0 Å². The van der Waals surface area contributed by atoms with Crippen molar-refractivity contribution in [3.8, 4) is 0 Å². The van der Waals surface area contributed by atoms with Crippen LogP contribution in [0.1, 0.15) is 61.2 Å². The highest BCUT2D eigenvalue weighted by Crippen LogP contribution is 2.35. The van der Waals surface area contributed by atoms with Crippen LogP contribution in [0.4, 0.5) is 14.9 Å². The molecule has 1 aromatic heterocycles. The molecule has 0 spiro atoms. The monoisotopic (exact) mass is 419 g/mol. The molecule has 29 heavy (non-hydrogen) atoms. The summed E-state index contributed by atoms with van der Waals surface area (Å²) >= 11 is 6.22. The zero-order valence-electron chi connectivity index (χ0n) is 16.6. The van der Waals surface area contributed by atoms with Gasteiger partial charge in [-0.05, 0) is 37.5 Å². The maximum Gasteiger partial charge on any atom is 0.321 e. The quantitative estimate of drug-likeness (QED) is 0.729. The van der Waals surface area contributed by atoms with Crippen LogP contribution in [0.5, 0.6) is 0 Å². The fraction of sp³-hybridized carbons (Fsp3) is 0.571. The minimum atomic E-state index is -0.501. The van der Waals surface area contributed by atoms with E-state index >= 15 is 0 Å². The highest BCUT2D eigenvalue weighted by Gasteiger charge is 2.38. The number of alkyl halides is 1. The molecule has 2 aromatic rings. The van der Waals surface area contributed by atoms with Gasteiger partial charge in [0.05, 0.1) is 17.4 Å². The van der Waals surface area contributed by atoms with Crippen LogP contribution in [0.25, 0.3) is 0 Å². The van der Waals surface area contributed by atoms with E-state index in [1.807, 2.05) is 13.0 Å². The SMILES string of the molecule is Cc1ccc(NC(=O)N2C[C@@H](CF)[C@H](c3nc(C4CCCCC4)n[nH]3)C2)c(Cl)c1. The molecule has 1 saturated heterocycles. The summed E-state index contributed by atoms with van der Waals surface area (Å²) in [6.07, 6.45) is 5.91. The maximum absolute atomic E-state index is 13.7. The number of aromatic nitrogens is 3. The predicted molar refractivity (Wildman–Crippen MR) is 111 cm³/mol. The number of likely N-dealkylation sites (tertiary alicyclic amines) is 1. The largest absolute Gasteiger partial charge is 0.323 e. The predicted octanol–water partition coefficient (Wildman–Crippen LogP) is 5.03. The molecule has 1 aliphatic carbocycles. The normalized spacial score (nSPS) is 22.8. The number of carbonyl (C=O) groups is 1. The van der Waals surface area contributed by atoms with Gasteiger partial charge in [0.1, 0.15) is 5.82 Å². The van der Waals surface area contributed by atoms with Crippen LogP contribution in [-0.4, -0.2) is 45.9 Å². The van der Waals surface area contributed by atoms with Gasteiger partial charge >= 0.3 is 6.03 Å². The molecule has 2 atom stereocenters. The second-order valence-electron chi connectivity index (χ2n) is 8.25. The van der Waals surface area contributed by atoms with Crippen LogP contribution < -0.4 is 5.32 Å². The zero-order chi connectivity index (χ0) is 20.4. The molecule has 156 valence electrons. The number of halogens is 2. The van der Waals surface area contributed by atoms with Gasteiger partial charge in [-0.3, -0.25) is 9.49 Å². The number of nitrogens with zero attached hydrogens (tertiary/aromatic N) is 3. The molecule has 8 heteroatoms. The lowest BCUT2D eigenvalue weighted by Crippen LogP contribution is -2.33. The van der Waals surface area contributed by atoms with Crippen LogP contribution in [0.3, 0.4) is 0 Å². The van der Waals surface area contributed by atoms with Gasteiger partial charge in [-0.1, -0.05) is 36.9 Å². The summed E-state index contributed by atoms with van der Waals surface area (Å²) in [6, 6.07) is 5.20. The second kappa shape index (κ2) is 8.69. The van der Waals surface area contributed by atoms with Gasteiger partial charge in [0, 0.05) is 30.8 Å². The Kier molecular flexibility index (Phi) is 6.04. The molecule has 0 unspecified atom stereocenters. The number of aryl methyl sites for hydroxylation is 1. The van der Waals surface area contributed by atoms with Crippen molar-refractivity contribution in [1.82, 2.24) is 20.1 Å². The Hall–Kier alpha value is -2.15. The first kappa shape index (κ1) is 20.1. The van der Waals surface area contributed by atoms with E-state index < -0.39 is 6.67 Å². The first-order valence-corrected chi connectivity index (χ1v) is 10.7. The third-order valence-corrected chi connectivity index (χ3v) is 6.45. The summed E-state index contributed by atoms with van der Waals surface area (Å²) in [5, 5.41) is 10.8. The first-order chi connectivity index (χ1) is 14.0. The van der Waals surface area contributed by atoms with Crippen molar-refractivity contribution in [2.75, 3.05) is 25.1 Å². The molecule has 1 saturated carbocycles. The lowest BCUT2D eigenvalue weighted by Gasteiger charge is -2.18. The minimum absolute atomic E-state index is 0.177. The summed E-state index contributed by atoms with van der Waals surface area (Å²) in [5.41, 5.74) is 1.58. The first-order valence-electron chi connectivity index (χ1n) is 10.4. The summed E-state index contributed by atoms with van der Waals surface area (Å²) < 4.78 is 13.7. The van der Waals surface area contributed by atoms with Crippen LogP contribution >= 0.6 is 11.6 Å². The summed E-state index contributed by atoms with van der Waals surface area (Å²) in [5.74, 6) is 1.45. The number of hydrogen-bond donors (Lipinski definition) is 2. The van der Waals surface area contributed by atoms with Gasteiger partial charge in [-0.25, -0.2) is 9.78 Å². The topological polar surface area (TPSA) is 73.9 Å². The summed E-state index contributed by atoms with van der Waals surface area (Å²) in [6.45, 7) is 2.19. The molecule has 0 bridgehead atoms. The lowest BCUT2D eigenvalue weighted by molar-refractivity contribution is 0.219. The van der Waals surface area contributed by atoms with Crippen molar-refractivity contribution in [2.45, 2.75) is 50.9 Å². The van der Waals surface area contributed by atoms with E-state index in [1.165, 1.54) is 19.3 Å². The number of carbonyl (C=O) groups excluding carboxylic acids is 1. The van der Waals surface area contributed by atoms with Crippen LogP contribution in [0, 0.1) is 12.8 Å². The number of rotatable bonds is 4. The van der Waals surface area contributed by atoms with Crippen molar-refractivity contribution < 1.29 is 9.18 Å². The highest BCUT2D eigenvalue weighted by molar-refractivity contribution is 6.33. The van der Waals surface area contributed by atoms with Crippen molar-refractivity contribution >= 4 is 23.3 Å². The fourth-order valence-electron chi connectivity index (χ4n) is 4.42. The van der Waals surface area contributed by atoms with E-state index in [4.69, 9.17) is 16.6 Å². The van der Waals surface area contributed by atoms with E-state index in [0.717, 1.165) is 24.2 Å². The molecule has 0 radical (unpaired) electrons. The van der Waals surface area contributed by atoms with Crippen molar-refractivity contribution in [3.05, 3.63) is 40.4 Å². The molecule has 2 N–H and O–H groups in total. The molecular formula is C21H27ClFN5O. The molecule has 2 heterocycles. The third-order valence-electron chi connectivity index (χ3n) is 6.13. The molecule has 1 aromatic carbocycles. The van der Waals surface area contributed by atoms with Crippen LogP contribution in [-0.2, 0) is 0 Å². The van der Waals surface area contributed by atoms with E-state index in [2.05, 4.69) is 15.5 Å². The minimum Gasteiger partial charge on any atom is -0.323 e. The number of benzene rings is 1. The smallest absolute Gasteiger partial charge is 0.321 e. The van der Waals surface area contributed by atoms with Crippen molar-refractivity contribution in [3.63, 3.8) is 0 Å². The zero-order valence-corrected chi connectivity index (χ0v) is 17.4. The van der Waals surface area contributed by atoms with Crippen molar-refractivity contribution in [2.24, 2.45) is 5.92 Å². The van der Waals surface area contributed by atoms with Gasteiger partial charge in [0.2, 0.25) is 0 Å². The van der Waals surface area contributed by atoms with Gasteiger partial charge in [0.25, 0.3) is 0 Å². The Morgan fingerprint density at radius 3 is 2.83 bits per heavy atom. The van der Waals surface area contributed by atoms with Crippen LogP contribution in [0.2, 0.25) is 5.02 Å². The second-order valence-corrected chi connectivity index (χ2v) is 8.66. The summed E-state index contributed by atoms with van der Waals surface area (Å²) in [7, 11) is 0. The van der Waals surface area contributed by atoms with Crippen LogP contribution in [0.15, 0.2) is 18.2 Å². The Morgan fingerprint density at radius 2 is 2.10 bits per heavy atom. The van der Waals surface area contributed by atoms with E-state index in [-0.39, 0.29) is 17.9 Å². The molecule has 4 rings (SSSR count). The number of nitrogens with one attached hydrogen (secondary N) is 2. The molecule has 6 nitrogen and oxygen atoms in total. The maximum atomic E-state index is 13.7. The number of aromatic amines is 1. The average molecular weight is 420 g/mol. The number of urea groups is 1. The number of H-pyrrole nitrogens is 1. The lowest BCUT2D eigenvalue weighted by atomic mass is 9.89. The Labute approximate surface area is 175 Å². The number of anilines is 1. The summed E-state index contributed by atoms with van der Waals surface area (Å²) in [4.78, 5) is 19.1. The van der Waals surface area contributed by atoms with Gasteiger partial charge in [-0.15, -0.1) is 0 Å². The molecular weight excluding hydrogens is 393 g/mol. The fourth-order valence-corrected chi connectivity index (χ4v) is 4.70.